The van der Waals surface area contributed by atoms with Crippen molar-refractivity contribution in [3.63, 3.8) is 0 Å². The van der Waals surface area contributed by atoms with Gasteiger partial charge in [-0.2, -0.15) is 8.42 Å². The highest BCUT2D eigenvalue weighted by atomic mass is 32.3. The molecule has 6 N–H and O–H groups in total. The molecule has 24 heavy (non-hydrogen) atoms. The second kappa shape index (κ2) is 7.44. The number of aliphatic hydroxyl groups is 2. The number of allylic oxidation sites excluding steroid dienone is 1. The molecule has 0 spiro atoms. The Balaban J connectivity index is 3.21. The van der Waals surface area contributed by atoms with Crippen molar-refractivity contribution in [2.75, 3.05) is 13.7 Å². The van der Waals surface area contributed by atoms with E-state index in [1.807, 2.05) is 0 Å². The molecule has 0 aliphatic heterocycles. The van der Waals surface area contributed by atoms with Crippen LogP contribution in [-0.2, 0) is 24.1 Å². The first-order valence-electron chi connectivity index (χ1n) is 6.73. The van der Waals surface area contributed by atoms with Gasteiger partial charge in [0.25, 0.3) is 0 Å². The lowest BCUT2D eigenvalue weighted by molar-refractivity contribution is -0.140. The van der Waals surface area contributed by atoms with Crippen LogP contribution in [0.5, 0.6) is 0 Å². The number of ether oxygens (including phenoxy) is 1. The van der Waals surface area contributed by atoms with Crippen LogP contribution < -0.4 is 5.73 Å². The zero-order chi connectivity index (χ0) is 18.7. The molecule has 0 heterocycles. The molecule has 0 fully saturated rings. The number of hydrogen-bond donors (Lipinski definition) is 5. The fourth-order valence-electron chi connectivity index (χ4n) is 2.25. The molecule has 0 saturated heterocycles. The van der Waals surface area contributed by atoms with Gasteiger partial charge in [0.1, 0.15) is 5.60 Å². The van der Waals surface area contributed by atoms with Gasteiger partial charge in [-0.3, -0.25) is 9.55 Å². The number of aliphatic imine (C=N–C) groups is 1. The van der Waals surface area contributed by atoms with E-state index in [4.69, 9.17) is 20.1 Å². The Kier molecular flexibility index (Phi) is 6.30. The summed E-state index contributed by atoms with van der Waals surface area (Å²) in [6.07, 6.45) is -1.95. The van der Waals surface area contributed by atoms with E-state index >= 15 is 0 Å². The minimum Gasteiger partial charge on any atom is -0.493 e. The molecule has 1 aliphatic carbocycles. The van der Waals surface area contributed by atoms with E-state index in [0.717, 1.165) is 0 Å². The van der Waals surface area contributed by atoms with E-state index in [1.54, 1.807) is 0 Å². The number of carbonyl (C=O) groups is 1. The maximum atomic E-state index is 11.2. The summed E-state index contributed by atoms with van der Waals surface area (Å²) in [5.74, 6) is -1.38. The highest BCUT2D eigenvalue weighted by Crippen LogP contribution is 2.30. The average Bonchev–Trinajstić information content (AvgIpc) is 2.41. The van der Waals surface area contributed by atoms with Crippen LogP contribution in [0.2, 0.25) is 0 Å². The SMILES string of the molecule is COC1=C(N)CC(O)(COS(=O)(=O)O)CC1=NC(C(=O)O)C(C)O. The lowest BCUT2D eigenvalue weighted by Gasteiger charge is -2.33. The second-order valence-electron chi connectivity index (χ2n) is 5.43. The Morgan fingerprint density at radius 2 is 2.04 bits per heavy atom. The first-order chi connectivity index (χ1) is 10.9. The zero-order valence-electron chi connectivity index (χ0n) is 13.0. The van der Waals surface area contributed by atoms with Crippen LogP contribution in [0.1, 0.15) is 19.8 Å². The molecule has 1 rings (SSSR count). The predicted octanol–water partition coefficient (Wildman–Crippen LogP) is -1.58. The Morgan fingerprint density at radius 1 is 1.46 bits per heavy atom. The third-order valence-electron chi connectivity index (χ3n) is 3.26. The second-order valence-corrected chi connectivity index (χ2v) is 6.52. The summed E-state index contributed by atoms with van der Waals surface area (Å²) in [5, 5.41) is 29.0. The first kappa shape index (κ1) is 20.3. The number of nitrogens with zero attached hydrogens (tertiary/aromatic N) is 1. The van der Waals surface area contributed by atoms with E-state index in [-0.39, 0.29) is 30.0 Å². The standard InChI is InChI=1S/C12H20N2O9S/c1-6(15)9(11(16)17)14-8-4-12(18,5-23-24(19,20)21)3-7(13)10(8)22-2/h6,9,15,18H,3-5,13H2,1-2H3,(H,16,17)(H,19,20,21). The zero-order valence-corrected chi connectivity index (χ0v) is 13.9. The number of aliphatic hydroxyl groups excluding tert-OH is 1. The summed E-state index contributed by atoms with van der Waals surface area (Å²) < 4.78 is 39.2. The first-order valence-corrected chi connectivity index (χ1v) is 8.10. The van der Waals surface area contributed by atoms with Crippen molar-refractivity contribution in [2.45, 2.75) is 37.5 Å². The van der Waals surface area contributed by atoms with Crippen molar-refractivity contribution >= 4 is 22.1 Å². The monoisotopic (exact) mass is 368 g/mol. The Bertz CT molecular complexity index is 655. The fourth-order valence-corrected chi connectivity index (χ4v) is 2.62. The Morgan fingerprint density at radius 3 is 2.46 bits per heavy atom. The number of carboxylic acid groups (broad SMARTS) is 1. The van der Waals surface area contributed by atoms with Gasteiger partial charge in [-0.15, -0.1) is 0 Å². The number of aliphatic carboxylic acids is 1. The van der Waals surface area contributed by atoms with Gasteiger partial charge in [0, 0.05) is 12.8 Å². The van der Waals surface area contributed by atoms with Gasteiger partial charge in [-0.1, -0.05) is 0 Å². The molecule has 3 unspecified atom stereocenters. The van der Waals surface area contributed by atoms with E-state index < -0.39 is 40.7 Å². The molecule has 0 saturated carbocycles. The summed E-state index contributed by atoms with van der Waals surface area (Å²) in [6.45, 7) is 0.397. The summed E-state index contributed by atoms with van der Waals surface area (Å²) in [5.41, 5.74) is 3.81. The Labute approximate surface area is 138 Å². The van der Waals surface area contributed by atoms with Crippen LogP contribution in [0.25, 0.3) is 0 Å². The summed E-state index contributed by atoms with van der Waals surface area (Å²) in [4.78, 5) is 15.0. The molecule has 0 aromatic heterocycles. The maximum Gasteiger partial charge on any atom is 0.397 e. The molecular formula is C12H20N2O9S. The van der Waals surface area contributed by atoms with Crippen LogP contribution in [-0.4, -0.2) is 71.4 Å². The van der Waals surface area contributed by atoms with Crippen LogP contribution in [0.15, 0.2) is 16.4 Å². The molecular weight excluding hydrogens is 348 g/mol. The van der Waals surface area contributed by atoms with Gasteiger partial charge in [0.05, 0.1) is 31.2 Å². The Hall–Kier alpha value is -1.73. The number of carboxylic acids is 1. The van der Waals surface area contributed by atoms with E-state index in [2.05, 4.69) is 9.18 Å². The van der Waals surface area contributed by atoms with Gasteiger partial charge in [0.15, 0.2) is 11.8 Å². The van der Waals surface area contributed by atoms with Gasteiger partial charge in [-0.25, -0.2) is 8.98 Å². The van der Waals surface area contributed by atoms with Gasteiger partial charge in [-0.05, 0) is 6.92 Å². The van der Waals surface area contributed by atoms with Crippen LogP contribution in [0.4, 0.5) is 0 Å². The van der Waals surface area contributed by atoms with Crippen molar-refractivity contribution in [1.82, 2.24) is 0 Å². The van der Waals surface area contributed by atoms with E-state index in [0.29, 0.717) is 0 Å². The number of methoxy groups -OCH3 is 1. The molecule has 0 aromatic rings. The summed E-state index contributed by atoms with van der Waals surface area (Å²) >= 11 is 0. The van der Waals surface area contributed by atoms with Crippen LogP contribution in [0, 0.1) is 0 Å². The lowest BCUT2D eigenvalue weighted by atomic mass is 9.85. The predicted molar refractivity (Wildman–Crippen MR) is 80.4 cm³/mol. The van der Waals surface area contributed by atoms with E-state index in [1.165, 1.54) is 14.0 Å². The van der Waals surface area contributed by atoms with Crippen molar-refractivity contribution in [2.24, 2.45) is 10.7 Å². The fraction of sp³-hybridized carbons (Fsp3) is 0.667. The van der Waals surface area contributed by atoms with Crippen molar-refractivity contribution in [3.05, 3.63) is 11.5 Å². The number of hydrogen-bond acceptors (Lipinski definition) is 9. The highest BCUT2D eigenvalue weighted by molar-refractivity contribution is 7.80. The molecule has 138 valence electrons. The van der Waals surface area contributed by atoms with Crippen molar-refractivity contribution < 1.29 is 42.0 Å². The molecule has 12 heteroatoms. The molecule has 0 bridgehead atoms. The maximum absolute atomic E-state index is 11.2. The van der Waals surface area contributed by atoms with E-state index in [9.17, 15) is 23.4 Å². The molecule has 3 atom stereocenters. The van der Waals surface area contributed by atoms with Crippen LogP contribution in [0.3, 0.4) is 0 Å². The molecule has 0 aromatic carbocycles. The minimum absolute atomic E-state index is 0.0151. The molecule has 1 aliphatic rings. The number of rotatable bonds is 7. The van der Waals surface area contributed by atoms with Gasteiger partial charge >= 0.3 is 16.4 Å². The normalized spacial score (nSPS) is 26.3. The quantitative estimate of drug-likeness (QED) is 0.328. The van der Waals surface area contributed by atoms with Gasteiger partial charge in [0.2, 0.25) is 0 Å². The van der Waals surface area contributed by atoms with Gasteiger partial charge < -0.3 is 25.8 Å². The topological polar surface area (TPSA) is 189 Å². The average molecular weight is 368 g/mol. The summed E-state index contributed by atoms with van der Waals surface area (Å²) in [6, 6.07) is -1.54. The third kappa shape index (κ3) is 5.42. The smallest absolute Gasteiger partial charge is 0.397 e. The molecule has 0 amide bonds. The minimum atomic E-state index is -4.79. The largest absolute Gasteiger partial charge is 0.493 e. The number of nitrogens with two attached hydrogens (primary N) is 1. The third-order valence-corrected chi connectivity index (χ3v) is 3.67. The highest BCUT2D eigenvalue weighted by Gasteiger charge is 2.39. The van der Waals surface area contributed by atoms with Crippen molar-refractivity contribution in [3.8, 4) is 0 Å². The van der Waals surface area contributed by atoms with Crippen LogP contribution >= 0.6 is 0 Å². The molecule has 0 radical (unpaired) electrons. The summed E-state index contributed by atoms with van der Waals surface area (Å²) in [7, 11) is -3.53. The lowest BCUT2D eigenvalue weighted by Crippen LogP contribution is -2.44. The van der Waals surface area contributed by atoms with Crippen molar-refractivity contribution in [1.29, 1.82) is 0 Å². The molecule has 11 nitrogen and oxygen atoms in total.